The van der Waals surface area contributed by atoms with E-state index in [-0.39, 0.29) is 23.9 Å². The highest BCUT2D eigenvalue weighted by Gasteiger charge is 2.46. The van der Waals surface area contributed by atoms with E-state index < -0.39 is 5.79 Å². The summed E-state index contributed by atoms with van der Waals surface area (Å²) in [5, 5.41) is 0. The van der Waals surface area contributed by atoms with Crippen molar-refractivity contribution in [2.75, 3.05) is 13.7 Å². The van der Waals surface area contributed by atoms with Crippen LogP contribution >= 0.6 is 0 Å². The Hall–Kier alpha value is -0.870. The lowest BCUT2D eigenvalue weighted by atomic mass is 9.91. The molecule has 0 aromatic heterocycles. The SMILES string of the molecule is C=C1C[C@@H](C(=O)OC)[C@H](C2COC(C)(C)O2)C1. The molecule has 3 atom stereocenters. The third-order valence-electron chi connectivity index (χ3n) is 3.56. The average molecular weight is 240 g/mol. The standard InChI is InChI=1S/C13H20O4/c1-8-5-9(10(6-8)12(14)15-4)11-7-16-13(2,3)17-11/h9-11H,1,5-7H2,2-4H3/t9-,10-,11?/m1/s1. The predicted molar refractivity (Wildman–Crippen MR) is 62.3 cm³/mol. The van der Waals surface area contributed by atoms with Gasteiger partial charge < -0.3 is 14.2 Å². The molecule has 1 aliphatic heterocycles. The minimum Gasteiger partial charge on any atom is -0.469 e. The third-order valence-corrected chi connectivity index (χ3v) is 3.56. The Bertz CT molecular complexity index is 334. The fraction of sp³-hybridized carbons (Fsp3) is 0.769. The molecule has 0 aromatic rings. The van der Waals surface area contributed by atoms with Gasteiger partial charge in [-0.1, -0.05) is 12.2 Å². The first kappa shape index (κ1) is 12.6. The molecule has 96 valence electrons. The van der Waals surface area contributed by atoms with Gasteiger partial charge in [0.15, 0.2) is 5.79 Å². The molecule has 0 N–H and O–H groups in total. The normalized spacial score (nSPS) is 36.2. The maximum atomic E-state index is 11.7. The minimum atomic E-state index is -0.546. The molecule has 2 fully saturated rings. The minimum absolute atomic E-state index is 0.0339. The van der Waals surface area contributed by atoms with Crippen LogP contribution in [0.25, 0.3) is 0 Å². The lowest BCUT2D eigenvalue weighted by Gasteiger charge is -2.24. The van der Waals surface area contributed by atoms with Crippen LogP contribution in [0.1, 0.15) is 26.7 Å². The molecule has 2 rings (SSSR count). The summed E-state index contributed by atoms with van der Waals surface area (Å²) >= 11 is 0. The highest BCUT2D eigenvalue weighted by molar-refractivity contribution is 5.73. The third kappa shape index (κ3) is 2.53. The Morgan fingerprint density at radius 2 is 2.18 bits per heavy atom. The highest BCUT2D eigenvalue weighted by atomic mass is 16.7. The van der Waals surface area contributed by atoms with E-state index in [1.54, 1.807) is 0 Å². The fourth-order valence-corrected chi connectivity index (χ4v) is 2.75. The molecule has 0 aromatic carbocycles. The average Bonchev–Trinajstić information content (AvgIpc) is 2.80. The van der Waals surface area contributed by atoms with E-state index in [1.165, 1.54) is 7.11 Å². The molecule has 4 heteroatoms. The quantitative estimate of drug-likeness (QED) is 0.546. The van der Waals surface area contributed by atoms with Crippen molar-refractivity contribution in [3.8, 4) is 0 Å². The molecular weight excluding hydrogens is 220 g/mol. The zero-order chi connectivity index (χ0) is 12.6. The van der Waals surface area contributed by atoms with Crippen molar-refractivity contribution in [3.05, 3.63) is 12.2 Å². The van der Waals surface area contributed by atoms with E-state index in [0.717, 1.165) is 12.0 Å². The van der Waals surface area contributed by atoms with Crippen LogP contribution in [0.4, 0.5) is 0 Å². The molecule has 1 heterocycles. The molecule has 1 saturated carbocycles. The van der Waals surface area contributed by atoms with Crippen LogP contribution in [0.2, 0.25) is 0 Å². The second kappa shape index (κ2) is 4.42. The lowest BCUT2D eigenvalue weighted by Crippen LogP contribution is -2.32. The molecule has 2 aliphatic rings. The van der Waals surface area contributed by atoms with E-state index in [0.29, 0.717) is 13.0 Å². The largest absolute Gasteiger partial charge is 0.469 e. The summed E-state index contributed by atoms with van der Waals surface area (Å²) < 4.78 is 16.2. The molecular formula is C13H20O4. The van der Waals surface area contributed by atoms with Gasteiger partial charge in [0.05, 0.1) is 25.7 Å². The number of esters is 1. The van der Waals surface area contributed by atoms with Crippen LogP contribution in [0, 0.1) is 11.8 Å². The van der Waals surface area contributed by atoms with Gasteiger partial charge in [-0.15, -0.1) is 0 Å². The van der Waals surface area contributed by atoms with Crippen molar-refractivity contribution < 1.29 is 19.0 Å². The van der Waals surface area contributed by atoms with Crippen molar-refractivity contribution in [1.29, 1.82) is 0 Å². The topological polar surface area (TPSA) is 44.8 Å². The first-order valence-corrected chi connectivity index (χ1v) is 5.99. The summed E-state index contributed by atoms with van der Waals surface area (Å²) in [6.07, 6.45) is 1.50. The Labute approximate surface area is 102 Å². The number of carbonyl (C=O) groups excluding carboxylic acids is 1. The Morgan fingerprint density at radius 1 is 1.47 bits per heavy atom. The molecule has 1 aliphatic carbocycles. The maximum Gasteiger partial charge on any atom is 0.309 e. The zero-order valence-electron chi connectivity index (χ0n) is 10.7. The number of hydrogen-bond donors (Lipinski definition) is 0. The van der Waals surface area contributed by atoms with Crippen LogP contribution in [0.3, 0.4) is 0 Å². The Morgan fingerprint density at radius 3 is 2.71 bits per heavy atom. The van der Waals surface area contributed by atoms with Crippen LogP contribution < -0.4 is 0 Å². The first-order valence-electron chi connectivity index (χ1n) is 5.99. The number of methoxy groups -OCH3 is 1. The maximum absolute atomic E-state index is 11.7. The Kier molecular flexibility index (Phi) is 3.27. The molecule has 0 amide bonds. The lowest BCUT2D eigenvalue weighted by molar-refractivity contribution is -0.157. The summed E-state index contributed by atoms with van der Waals surface area (Å²) in [5.41, 5.74) is 1.10. The number of hydrogen-bond acceptors (Lipinski definition) is 4. The molecule has 0 radical (unpaired) electrons. The van der Waals surface area contributed by atoms with Gasteiger partial charge in [0.2, 0.25) is 0 Å². The van der Waals surface area contributed by atoms with E-state index in [4.69, 9.17) is 14.2 Å². The van der Waals surface area contributed by atoms with E-state index in [9.17, 15) is 4.79 Å². The Balaban J connectivity index is 2.09. The smallest absolute Gasteiger partial charge is 0.309 e. The summed E-state index contributed by atoms with van der Waals surface area (Å²) in [6.45, 7) is 8.30. The van der Waals surface area contributed by atoms with Gasteiger partial charge in [-0.05, 0) is 26.7 Å². The van der Waals surface area contributed by atoms with E-state index >= 15 is 0 Å². The first-order chi connectivity index (χ1) is 7.93. The number of ether oxygens (including phenoxy) is 3. The van der Waals surface area contributed by atoms with Crippen molar-refractivity contribution in [2.45, 2.75) is 38.6 Å². The second-order valence-electron chi connectivity index (χ2n) is 5.32. The van der Waals surface area contributed by atoms with Gasteiger partial charge in [-0.25, -0.2) is 0 Å². The summed E-state index contributed by atoms with van der Waals surface area (Å²) in [7, 11) is 1.43. The van der Waals surface area contributed by atoms with Crippen LogP contribution in [-0.2, 0) is 19.0 Å². The van der Waals surface area contributed by atoms with Crippen molar-refractivity contribution in [1.82, 2.24) is 0 Å². The number of carbonyl (C=O) groups is 1. The molecule has 0 spiro atoms. The number of allylic oxidation sites excluding steroid dienone is 1. The molecule has 1 unspecified atom stereocenters. The summed E-state index contributed by atoms with van der Waals surface area (Å²) in [5.74, 6) is -0.705. The van der Waals surface area contributed by atoms with Gasteiger partial charge in [-0.2, -0.15) is 0 Å². The molecule has 4 nitrogen and oxygen atoms in total. The van der Waals surface area contributed by atoms with Crippen LogP contribution in [0.15, 0.2) is 12.2 Å². The van der Waals surface area contributed by atoms with Gasteiger partial charge in [0.25, 0.3) is 0 Å². The van der Waals surface area contributed by atoms with Gasteiger partial charge in [-0.3, -0.25) is 4.79 Å². The van der Waals surface area contributed by atoms with E-state index in [1.807, 2.05) is 13.8 Å². The molecule has 17 heavy (non-hydrogen) atoms. The highest BCUT2D eigenvalue weighted by Crippen LogP contribution is 2.42. The monoisotopic (exact) mass is 240 g/mol. The fourth-order valence-electron chi connectivity index (χ4n) is 2.75. The predicted octanol–water partition coefficient (Wildman–Crippen LogP) is 1.89. The van der Waals surface area contributed by atoms with Gasteiger partial charge in [0.1, 0.15) is 0 Å². The van der Waals surface area contributed by atoms with Gasteiger partial charge in [0, 0.05) is 5.92 Å². The summed E-state index contributed by atoms with van der Waals surface area (Å²) in [4.78, 5) is 11.7. The van der Waals surface area contributed by atoms with Crippen LogP contribution in [-0.4, -0.2) is 31.6 Å². The number of rotatable bonds is 2. The van der Waals surface area contributed by atoms with Crippen molar-refractivity contribution >= 4 is 5.97 Å². The molecule has 0 bridgehead atoms. The van der Waals surface area contributed by atoms with Crippen molar-refractivity contribution in [2.24, 2.45) is 11.8 Å². The zero-order valence-corrected chi connectivity index (χ0v) is 10.7. The second-order valence-corrected chi connectivity index (χ2v) is 5.32. The van der Waals surface area contributed by atoms with Crippen LogP contribution in [0.5, 0.6) is 0 Å². The summed E-state index contributed by atoms with van der Waals surface area (Å²) in [6, 6.07) is 0. The molecule has 1 saturated heterocycles. The van der Waals surface area contributed by atoms with E-state index in [2.05, 4.69) is 6.58 Å². The van der Waals surface area contributed by atoms with Gasteiger partial charge >= 0.3 is 5.97 Å². The van der Waals surface area contributed by atoms with Crippen molar-refractivity contribution in [3.63, 3.8) is 0 Å².